The van der Waals surface area contributed by atoms with E-state index in [2.05, 4.69) is 35.7 Å². The molecule has 0 radical (unpaired) electrons. The van der Waals surface area contributed by atoms with Crippen LogP contribution in [0.4, 0.5) is 0 Å². The fraction of sp³-hybridized carbons (Fsp3) is 0.833. The Bertz CT molecular complexity index is 2240. The minimum Gasteiger partial charge on any atom is -0.726 e. The molecule has 67 heavy (non-hydrogen) atoms. The number of hydrogen-bond acceptors (Lipinski definition) is 33. The molecule has 0 aromatic carbocycles. The molecule has 0 aliphatic carbocycles. The standard InChI is InChI=1S/C24H42N4O31S8/c1-11-17(54-62(33,34)35)19(56-64(39,40)41)21(52-23(11)58-66(45,46)47)27-13(29)7-25-15(31)9-60-5-3-51-4-6-61-10-16(32)26-8-14(30)28-22-20(57-65(42,43)44)18(55-63(36,37)38)12(2)24(53-22)59-67(48,49)50/h11-12,17-24H,3-10H2,1-2H3,(H,25,31)(H,26,32)(H,27,29)(H,28,30)(H,33,34,35)(H,36,37,38)(H,39,40,41)(H,42,43,44)(H,45,46,47)(H,48,49,50)/p-6/t11-,12+,17-,18?,19?,20-,21-,22+,23?,24?/m1/s1. The first-order valence-electron chi connectivity index (χ1n) is 17.4. The number of ether oxygens (including phenoxy) is 3. The maximum atomic E-state index is 12.5. The largest absolute Gasteiger partial charge is 0.726 e. The summed E-state index contributed by atoms with van der Waals surface area (Å²) >= 11 is 1.96. The van der Waals surface area contributed by atoms with Crippen LogP contribution >= 0.6 is 23.5 Å². The van der Waals surface area contributed by atoms with E-state index in [0.29, 0.717) is 0 Å². The van der Waals surface area contributed by atoms with E-state index in [1.807, 2.05) is 10.6 Å². The van der Waals surface area contributed by atoms with Gasteiger partial charge in [-0.25, -0.2) is 58.9 Å². The van der Waals surface area contributed by atoms with Gasteiger partial charge >= 0.3 is 0 Å². The van der Waals surface area contributed by atoms with Crippen molar-refractivity contribution in [1.82, 2.24) is 21.3 Å². The Labute approximate surface area is 389 Å². The lowest BCUT2D eigenvalue weighted by atomic mass is 9.95. The zero-order valence-electron chi connectivity index (χ0n) is 33.4. The molecule has 2 rings (SSSR count). The van der Waals surface area contributed by atoms with Crippen LogP contribution < -0.4 is 21.3 Å². The zero-order chi connectivity index (χ0) is 51.3. The van der Waals surface area contributed by atoms with Crippen molar-refractivity contribution in [3.63, 3.8) is 0 Å². The third-order valence-corrected chi connectivity index (χ3v) is 12.3. The van der Waals surface area contributed by atoms with Gasteiger partial charge in [0.25, 0.3) is 0 Å². The first-order chi connectivity index (χ1) is 30.4. The van der Waals surface area contributed by atoms with Gasteiger partial charge in [-0.05, 0) is 0 Å². The molecule has 0 saturated carbocycles. The molecule has 0 bridgehead atoms. The van der Waals surface area contributed by atoms with E-state index in [0.717, 1.165) is 37.4 Å². The highest BCUT2D eigenvalue weighted by Gasteiger charge is 2.51. The smallest absolute Gasteiger partial charge is 0.241 e. The van der Waals surface area contributed by atoms with Crippen LogP contribution in [0, 0.1) is 11.8 Å². The lowest BCUT2D eigenvalue weighted by molar-refractivity contribution is -0.247. The van der Waals surface area contributed by atoms with Crippen molar-refractivity contribution in [3.8, 4) is 0 Å². The van der Waals surface area contributed by atoms with Crippen molar-refractivity contribution in [3.05, 3.63) is 0 Å². The molecule has 4 amide bonds. The molecule has 0 aromatic heterocycles. The molecule has 2 aliphatic heterocycles. The lowest BCUT2D eigenvalue weighted by Crippen LogP contribution is -2.63. The summed E-state index contributed by atoms with van der Waals surface area (Å²) in [5, 5.41) is 7.90. The maximum Gasteiger partial charge on any atom is 0.241 e. The number of nitrogens with one attached hydrogen (secondary N) is 4. The number of amides is 4. The molecule has 10 atom stereocenters. The van der Waals surface area contributed by atoms with Crippen LogP contribution in [-0.4, -0.2) is 200 Å². The second kappa shape index (κ2) is 25.7. The molecule has 2 heterocycles. The van der Waals surface area contributed by atoms with Crippen LogP contribution in [0.25, 0.3) is 0 Å². The highest BCUT2D eigenvalue weighted by molar-refractivity contribution is 8.00. The normalized spacial score (nSPS) is 26.6. The topological polar surface area (TPSA) is 543 Å². The second-order valence-electron chi connectivity index (χ2n) is 12.9. The van der Waals surface area contributed by atoms with E-state index in [1.54, 1.807) is 0 Å². The van der Waals surface area contributed by atoms with E-state index in [4.69, 9.17) is 14.2 Å². The van der Waals surface area contributed by atoms with E-state index in [9.17, 15) is 97.0 Å². The van der Waals surface area contributed by atoms with E-state index < -0.39 is 160 Å². The Morgan fingerprint density at radius 2 is 0.746 bits per heavy atom. The average Bonchev–Trinajstić information content (AvgIpc) is 3.13. The zero-order valence-corrected chi connectivity index (χ0v) is 39.9. The first-order valence-corrected chi connectivity index (χ1v) is 27.7. The van der Waals surface area contributed by atoms with Crippen molar-refractivity contribution in [1.29, 1.82) is 0 Å². The van der Waals surface area contributed by atoms with Crippen LogP contribution in [0.5, 0.6) is 0 Å². The fourth-order valence-corrected chi connectivity index (χ4v) is 9.54. The average molecular weight is 1130 g/mol. The van der Waals surface area contributed by atoms with E-state index >= 15 is 0 Å². The van der Waals surface area contributed by atoms with Gasteiger partial charge in [0.1, 0.15) is 24.4 Å². The summed E-state index contributed by atoms with van der Waals surface area (Å²) in [6.07, 6.45) is -19.2. The monoisotopic (exact) mass is 1130 g/mol. The molecule has 0 aromatic rings. The van der Waals surface area contributed by atoms with Gasteiger partial charge in [0, 0.05) is 23.3 Å². The van der Waals surface area contributed by atoms with Gasteiger partial charge in [-0.3, -0.25) is 35.9 Å². The van der Waals surface area contributed by atoms with E-state index in [-0.39, 0.29) is 36.2 Å². The highest BCUT2D eigenvalue weighted by Crippen LogP contribution is 2.34. The number of carbonyl (C=O) groups is 4. The minimum absolute atomic E-state index is 0.0388. The predicted octanol–water partition coefficient (Wildman–Crippen LogP) is -8.09. The van der Waals surface area contributed by atoms with Gasteiger partial charge < -0.3 is 62.8 Å². The third kappa shape index (κ3) is 25.4. The van der Waals surface area contributed by atoms with Gasteiger partial charge in [-0.1, -0.05) is 13.8 Å². The highest BCUT2D eigenvalue weighted by atomic mass is 32.3. The molecule has 43 heteroatoms. The lowest BCUT2D eigenvalue weighted by Gasteiger charge is -2.44. The fourth-order valence-electron chi connectivity index (χ4n) is 5.22. The maximum absolute atomic E-state index is 12.5. The molecule has 0 spiro atoms. The Morgan fingerprint density at radius 3 is 1.03 bits per heavy atom. The molecule has 4 unspecified atom stereocenters. The summed E-state index contributed by atoms with van der Waals surface area (Å²) in [6.45, 7) is -0.0926. The summed E-state index contributed by atoms with van der Waals surface area (Å²) in [5.41, 5.74) is 0. The number of carbonyl (C=O) groups excluding carboxylic acids is 4. The van der Waals surface area contributed by atoms with Crippen molar-refractivity contribution in [2.75, 3.05) is 49.3 Å². The van der Waals surface area contributed by atoms with Crippen LogP contribution in [-0.2, 0) is 121 Å². The molecule has 35 nitrogen and oxygen atoms in total. The Kier molecular flexibility index (Phi) is 23.3. The van der Waals surface area contributed by atoms with Crippen molar-refractivity contribution in [2.45, 2.75) is 63.3 Å². The second-order valence-corrected chi connectivity index (χ2v) is 21.1. The van der Waals surface area contributed by atoms with Gasteiger partial charge in [0.15, 0.2) is 25.0 Å². The summed E-state index contributed by atoms with van der Waals surface area (Å²) in [6, 6.07) is 0. The van der Waals surface area contributed by atoms with Crippen LogP contribution in [0.2, 0.25) is 0 Å². The SMILES string of the molecule is C[C@@H]1C(OS(=O)(=O)[O-])O[C@H](NC(=O)CNC(=O)CSCCOCCSCC(=O)NCC(=O)N[C@@H]2OC(OS(=O)(=O)[O-])[C@H](C)[C@@H](OS(=O)(=O)[O-])C2OS(=O)(=O)[O-])[C@H](OS(=O)(=O)[O-])C1OS(=O)(=O)[O-]. The molecule has 2 fully saturated rings. The quantitative estimate of drug-likeness (QED) is 0.0321. The van der Waals surface area contributed by atoms with Gasteiger partial charge in [-0.2, -0.15) is 0 Å². The molecule has 2 aliphatic rings. The molecule has 392 valence electrons. The van der Waals surface area contributed by atoms with Gasteiger partial charge in [-0.15, -0.1) is 23.5 Å². The van der Waals surface area contributed by atoms with Crippen molar-refractivity contribution < 1.29 is 136 Å². The molecular weight excluding hydrogens is 1100 g/mol. The summed E-state index contributed by atoms with van der Waals surface area (Å²) in [7, 11) is -34.4. The molecular formula is C24H36N4O31S8-6. The Hall–Kier alpha value is -2.32. The molecule has 4 N–H and O–H groups in total. The van der Waals surface area contributed by atoms with Crippen molar-refractivity contribution >= 4 is 110 Å². The number of thioether (sulfide) groups is 2. The number of hydrogen-bond donors (Lipinski definition) is 4. The van der Waals surface area contributed by atoms with Gasteiger partial charge in [0.05, 0.1) is 37.8 Å². The Balaban J connectivity index is 1.78. The van der Waals surface area contributed by atoms with E-state index in [1.165, 1.54) is 0 Å². The van der Waals surface area contributed by atoms with Crippen LogP contribution in [0.15, 0.2) is 0 Å². The van der Waals surface area contributed by atoms with Crippen LogP contribution in [0.3, 0.4) is 0 Å². The first kappa shape index (κ1) is 60.8. The Morgan fingerprint density at radius 1 is 0.463 bits per heavy atom. The third-order valence-electron chi connectivity index (χ3n) is 7.75. The summed E-state index contributed by atoms with van der Waals surface area (Å²) in [5.74, 6) is -8.02. The predicted molar refractivity (Wildman–Crippen MR) is 203 cm³/mol. The van der Waals surface area contributed by atoms with Gasteiger partial charge in [0.2, 0.25) is 86.0 Å². The summed E-state index contributed by atoms with van der Waals surface area (Å²) in [4.78, 5) is 49.5. The summed E-state index contributed by atoms with van der Waals surface area (Å²) < 4.78 is 243. The number of rotatable bonds is 28. The molecule has 2 saturated heterocycles. The van der Waals surface area contributed by atoms with Crippen LogP contribution in [0.1, 0.15) is 13.8 Å². The van der Waals surface area contributed by atoms with Crippen molar-refractivity contribution in [2.24, 2.45) is 11.8 Å². The minimum atomic E-state index is -5.79.